The normalized spacial score (nSPS) is 15.0. The van der Waals surface area contributed by atoms with Crippen molar-refractivity contribution in [3.8, 4) is 0 Å². The first-order valence-electron chi connectivity index (χ1n) is 5.00. The Labute approximate surface area is 94.5 Å². The van der Waals surface area contributed by atoms with Gasteiger partial charge in [0.25, 0.3) is 0 Å². The van der Waals surface area contributed by atoms with Crippen LogP contribution < -0.4 is 10.6 Å². The van der Waals surface area contributed by atoms with Gasteiger partial charge in [0.15, 0.2) is 5.82 Å². The summed E-state index contributed by atoms with van der Waals surface area (Å²) in [6, 6.07) is 0. The number of hydrogen-bond acceptors (Lipinski definition) is 4. The molecule has 80 valence electrons. The van der Waals surface area contributed by atoms with Crippen LogP contribution in [0, 0.1) is 5.92 Å². The molecule has 0 bridgehead atoms. The van der Waals surface area contributed by atoms with E-state index in [2.05, 4.69) is 14.9 Å². The molecule has 15 heavy (non-hydrogen) atoms. The highest BCUT2D eigenvalue weighted by atomic mass is 32.1. The van der Waals surface area contributed by atoms with Crippen LogP contribution in [-0.4, -0.2) is 28.5 Å². The van der Waals surface area contributed by atoms with Crippen molar-refractivity contribution in [2.24, 2.45) is 11.7 Å². The van der Waals surface area contributed by atoms with Gasteiger partial charge >= 0.3 is 0 Å². The third-order valence-corrected chi connectivity index (χ3v) is 2.70. The fourth-order valence-corrected chi connectivity index (χ4v) is 1.70. The number of nitrogens with zero attached hydrogens (tertiary/aromatic N) is 3. The van der Waals surface area contributed by atoms with Crippen LogP contribution in [0.15, 0.2) is 12.4 Å². The van der Waals surface area contributed by atoms with Crippen LogP contribution in [-0.2, 0) is 0 Å². The fourth-order valence-electron chi connectivity index (χ4n) is 1.56. The molecule has 1 aliphatic carbocycles. The topological polar surface area (TPSA) is 55.0 Å². The first-order valence-corrected chi connectivity index (χ1v) is 5.41. The van der Waals surface area contributed by atoms with Crippen molar-refractivity contribution in [2.75, 3.05) is 18.5 Å². The predicted octanol–water partition coefficient (Wildman–Crippen LogP) is 0.957. The van der Waals surface area contributed by atoms with E-state index in [0.717, 1.165) is 18.3 Å². The molecule has 0 radical (unpaired) electrons. The molecule has 1 aromatic heterocycles. The lowest BCUT2D eigenvalue weighted by molar-refractivity contribution is 0.774. The highest BCUT2D eigenvalue weighted by Crippen LogP contribution is 2.30. The molecule has 1 heterocycles. The van der Waals surface area contributed by atoms with E-state index in [1.54, 1.807) is 12.4 Å². The maximum atomic E-state index is 5.60. The van der Waals surface area contributed by atoms with Crippen molar-refractivity contribution < 1.29 is 0 Å². The van der Waals surface area contributed by atoms with Crippen LogP contribution in [0.3, 0.4) is 0 Å². The molecule has 1 aromatic rings. The Balaban J connectivity index is 2.20. The van der Waals surface area contributed by atoms with Crippen molar-refractivity contribution in [3.63, 3.8) is 0 Å². The summed E-state index contributed by atoms with van der Waals surface area (Å²) in [4.78, 5) is 10.8. The lowest BCUT2D eigenvalue weighted by Crippen LogP contribution is -2.25. The predicted molar refractivity (Wildman–Crippen MR) is 63.9 cm³/mol. The van der Waals surface area contributed by atoms with Crippen molar-refractivity contribution in [1.29, 1.82) is 0 Å². The molecule has 0 aromatic carbocycles. The van der Waals surface area contributed by atoms with E-state index in [-0.39, 0.29) is 0 Å². The maximum Gasteiger partial charge on any atom is 0.157 e. The molecule has 5 heteroatoms. The van der Waals surface area contributed by atoms with E-state index < -0.39 is 0 Å². The average Bonchev–Trinajstić information content (AvgIpc) is 3.01. The summed E-state index contributed by atoms with van der Waals surface area (Å²) in [7, 11) is 2.00. The Morgan fingerprint density at radius 1 is 1.53 bits per heavy atom. The van der Waals surface area contributed by atoms with Gasteiger partial charge in [0.05, 0.1) is 0 Å². The van der Waals surface area contributed by atoms with E-state index in [4.69, 9.17) is 18.0 Å². The summed E-state index contributed by atoms with van der Waals surface area (Å²) < 4.78 is 0. The zero-order valence-corrected chi connectivity index (χ0v) is 9.50. The SMILES string of the molecule is CN(CC1CC1)c1nccnc1C(N)=S. The van der Waals surface area contributed by atoms with Gasteiger partial charge in [-0.05, 0) is 18.8 Å². The van der Waals surface area contributed by atoms with Gasteiger partial charge < -0.3 is 10.6 Å². The van der Waals surface area contributed by atoms with Gasteiger partial charge in [-0.25, -0.2) is 9.97 Å². The molecule has 1 fully saturated rings. The zero-order valence-electron chi connectivity index (χ0n) is 8.68. The monoisotopic (exact) mass is 222 g/mol. The Bertz CT molecular complexity index is 375. The molecule has 2 N–H and O–H groups in total. The minimum Gasteiger partial charge on any atom is -0.388 e. The van der Waals surface area contributed by atoms with Crippen molar-refractivity contribution in [3.05, 3.63) is 18.1 Å². The third kappa shape index (κ3) is 2.41. The number of hydrogen-bond donors (Lipinski definition) is 1. The minimum atomic E-state index is 0.306. The number of aromatic nitrogens is 2. The number of rotatable bonds is 4. The van der Waals surface area contributed by atoms with Gasteiger partial charge in [-0.15, -0.1) is 0 Å². The summed E-state index contributed by atoms with van der Waals surface area (Å²) in [5.41, 5.74) is 6.22. The molecule has 0 unspecified atom stereocenters. The smallest absolute Gasteiger partial charge is 0.157 e. The van der Waals surface area contributed by atoms with Crippen molar-refractivity contribution >= 4 is 23.0 Å². The van der Waals surface area contributed by atoms with Crippen LogP contribution >= 0.6 is 12.2 Å². The molecule has 0 spiro atoms. The van der Waals surface area contributed by atoms with Crippen LogP contribution in [0.1, 0.15) is 18.5 Å². The average molecular weight is 222 g/mol. The molecule has 0 saturated heterocycles. The van der Waals surface area contributed by atoms with Crippen molar-refractivity contribution in [2.45, 2.75) is 12.8 Å². The van der Waals surface area contributed by atoms with E-state index in [1.165, 1.54) is 12.8 Å². The van der Waals surface area contributed by atoms with Crippen molar-refractivity contribution in [1.82, 2.24) is 9.97 Å². The Hall–Kier alpha value is -1.23. The largest absolute Gasteiger partial charge is 0.388 e. The summed E-state index contributed by atoms with van der Waals surface area (Å²) in [6.45, 7) is 1.01. The van der Waals surface area contributed by atoms with E-state index in [0.29, 0.717) is 10.7 Å². The maximum absolute atomic E-state index is 5.60. The standard InChI is InChI=1S/C10H14N4S/c1-14(6-7-2-3-7)10-8(9(11)15)12-4-5-13-10/h4-5,7H,2-3,6H2,1H3,(H2,11,15). The van der Waals surface area contributed by atoms with Gasteiger partial charge in [0, 0.05) is 26.0 Å². The molecule has 0 amide bonds. The second-order valence-corrected chi connectivity index (χ2v) is 4.36. The van der Waals surface area contributed by atoms with Gasteiger partial charge in [-0.3, -0.25) is 0 Å². The lowest BCUT2D eigenvalue weighted by Gasteiger charge is -2.19. The van der Waals surface area contributed by atoms with E-state index >= 15 is 0 Å². The lowest BCUT2D eigenvalue weighted by atomic mass is 10.3. The number of nitrogens with two attached hydrogens (primary N) is 1. The zero-order chi connectivity index (χ0) is 10.8. The Kier molecular flexibility index (Phi) is 2.81. The molecule has 1 aliphatic rings. The summed E-state index contributed by atoms with van der Waals surface area (Å²) in [6.07, 6.45) is 5.91. The highest BCUT2D eigenvalue weighted by Gasteiger charge is 2.24. The van der Waals surface area contributed by atoms with Gasteiger partial charge in [-0.1, -0.05) is 12.2 Å². The molecule has 2 rings (SSSR count). The first-order chi connectivity index (χ1) is 7.18. The summed E-state index contributed by atoms with van der Waals surface area (Å²) >= 11 is 4.95. The van der Waals surface area contributed by atoms with Crippen LogP contribution in [0.25, 0.3) is 0 Å². The molecule has 1 saturated carbocycles. The van der Waals surface area contributed by atoms with Gasteiger partial charge in [-0.2, -0.15) is 0 Å². The Morgan fingerprint density at radius 2 is 2.20 bits per heavy atom. The number of thiocarbonyl (C=S) groups is 1. The Morgan fingerprint density at radius 3 is 2.80 bits per heavy atom. The third-order valence-electron chi connectivity index (χ3n) is 2.50. The van der Waals surface area contributed by atoms with Crippen LogP contribution in [0.5, 0.6) is 0 Å². The van der Waals surface area contributed by atoms with Crippen LogP contribution in [0.2, 0.25) is 0 Å². The van der Waals surface area contributed by atoms with Gasteiger partial charge in [0.2, 0.25) is 0 Å². The molecular formula is C10H14N4S. The molecule has 0 aliphatic heterocycles. The highest BCUT2D eigenvalue weighted by molar-refractivity contribution is 7.80. The van der Waals surface area contributed by atoms with Crippen LogP contribution in [0.4, 0.5) is 5.82 Å². The fraction of sp³-hybridized carbons (Fsp3) is 0.500. The first kappa shape index (κ1) is 10.3. The number of anilines is 1. The molecule has 4 nitrogen and oxygen atoms in total. The molecule has 0 atom stereocenters. The summed E-state index contributed by atoms with van der Waals surface area (Å²) in [5.74, 6) is 1.59. The van der Waals surface area contributed by atoms with E-state index in [9.17, 15) is 0 Å². The minimum absolute atomic E-state index is 0.306. The molecular weight excluding hydrogens is 208 g/mol. The second kappa shape index (κ2) is 4.10. The quantitative estimate of drug-likeness (QED) is 0.769. The van der Waals surface area contributed by atoms with Gasteiger partial charge in [0.1, 0.15) is 10.7 Å². The second-order valence-electron chi connectivity index (χ2n) is 3.92. The van der Waals surface area contributed by atoms with E-state index in [1.807, 2.05) is 7.05 Å². The summed E-state index contributed by atoms with van der Waals surface area (Å²) in [5, 5.41) is 0.